The van der Waals surface area contributed by atoms with Crippen molar-refractivity contribution in [3.63, 3.8) is 0 Å². The van der Waals surface area contributed by atoms with Gasteiger partial charge >= 0.3 is 0 Å². The van der Waals surface area contributed by atoms with Crippen molar-refractivity contribution in [2.45, 2.75) is 46.7 Å². The maximum atomic E-state index is 11.9. The zero-order valence-electron chi connectivity index (χ0n) is 13.4. The lowest BCUT2D eigenvalue weighted by Gasteiger charge is -2.12. The number of carbonyl (C=O) groups is 2. The summed E-state index contributed by atoms with van der Waals surface area (Å²) < 4.78 is 0. The van der Waals surface area contributed by atoms with Gasteiger partial charge in [0.1, 0.15) is 11.9 Å². The Morgan fingerprint density at radius 2 is 2.05 bits per heavy atom. The molecule has 1 heterocycles. The van der Waals surface area contributed by atoms with E-state index in [4.69, 9.17) is 0 Å². The number of hydrogen-bond acceptors (Lipinski definition) is 3. The lowest BCUT2D eigenvalue weighted by Crippen LogP contribution is -2.44. The molecule has 0 unspecified atom stereocenters. The summed E-state index contributed by atoms with van der Waals surface area (Å²) in [5, 5.41) is 5.40. The van der Waals surface area contributed by atoms with Crippen LogP contribution >= 0.6 is 0 Å². The molecule has 6 nitrogen and oxygen atoms in total. The van der Waals surface area contributed by atoms with Crippen LogP contribution in [0.15, 0.2) is 12.1 Å². The van der Waals surface area contributed by atoms with Crippen LogP contribution in [0.2, 0.25) is 0 Å². The van der Waals surface area contributed by atoms with Crippen LogP contribution in [-0.2, 0) is 16.1 Å². The number of nitrogens with one attached hydrogen (secondary N) is 3. The Labute approximate surface area is 129 Å². The molecule has 0 saturated carbocycles. The Morgan fingerprint density at radius 1 is 1.32 bits per heavy atom. The van der Waals surface area contributed by atoms with Crippen LogP contribution in [-0.4, -0.2) is 27.8 Å². The number of aromatic nitrogens is 2. The summed E-state index contributed by atoms with van der Waals surface area (Å²) in [6.45, 7) is 7.79. The van der Waals surface area contributed by atoms with Gasteiger partial charge in [-0.05, 0) is 38.0 Å². The van der Waals surface area contributed by atoms with Gasteiger partial charge in [-0.25, -0.2) is 4.98 Å². The molecule has 1 aromatic heterocycles. The van der Waals surface area contributed by atoms with Gasteiger partial charge in [0.2, 0.25) is 11.8 Å². The minimum atomic E-state index is -0.555. The Balaban J connectivity index is 2.01. The van der Waals surface area contributed by atoms with Gasteiger partial charge in [-0.3, -0.25) is 9.59 Å². The highest BCUT2D eigenvalue weighted by Crippen LogP contribution is 2.19. The van der Waals surface area contributed by atoms with Crippen LogP contribution in [0.4, 0.5) is 0 Å². The number of H-pyrrole nitrogens is 1. The van der Waals surface area contributed by atoms with Crippen molar-refractivity contribution in [3.05, 3.63) is 29.1 Å². The molecule has 3 N–H and O–H groups in total. The Bertz CT molecular complexity index is 705. The van der Waals surface area contributed by atoms with E-state index in [2.05, 4.69) is 20.6 Å². The summed E-state index contributed by atoms with van der Waals surface area (Å²) in [5.41, 5.74) is 4.21. The van der Waals surface area contributed by atoms with Gasteiger partial charge in [0.05, 0.1) is 17.6 Å². The third-order valence-electron chi connectivity index (χ3n) is 3.75. The summed E-state index contributed by atoms with van der Waals surface area (Å²) >= 11 is 0. The van der Waals surface area contributed by atoms with E-state index in [0.29, 0.717) is 18.8 Å². The summed E-state index contributed by atoms with van der Waals surface area (Å²) in [6.07, 6.45) is 0.361. The molecule has 0 bridgehead atoms. The van der Waals surface area contributed by atoms with Gasteiger partial charge in [-0.1, -0.05) is 13.0 Å². The van der Waals surface area contributed by atoms with Crippen LogP contribution in [0, 0.1) is 13.8 Å². The van der Waals surface area contributed by atoms with Gasteiger partial charge in [-0.15, -0.1) is 0 Å². The largest absolute Gasteiger partial charge is 0.347 e. The maximum Gasteiger partial charge on any atom is 0.242 e. The van der Waals surface area contributed by atoms with Crippen molar-refractivity contribution in [2.24, 2.45) is 0 Å². The first-order valence-corrected chi connectivity index (χ1v) is 7.44. The molecular formula is C16H22N4O2. The van der Waals surface area contributed by atoms with E-state index in [1.807, 2.05) is 26.0 Å². The first kappa shape index (κ1) is 16.0. The van der Waals surface area contributed by atoms with Crippen LogP contribution in [0.1, 0.15) is 37.2 Å². The molecule has 0 fully saturated rings. The average molecular weight is 302 g/mol. The summed E-state index contributed by atoms with van der Waals surface area (Å²) in [7, 11) is 0. The molecule has 0 aliphatic carbocycles. The highest BCUT2D eigenvalue weighted by atomic mass is 16.2. The first-order valence-electron chi connectivity index (χ1n) is 7.44. The number of imidazole rings is 1. The summed E-state index contributed by atoms with van der Waals surface area (Å²) in [6, 6.07) is 3.47. The van der Waals surface area contributed by atoms with Crippen LogP contribution in [0.5, 0.6) is 0 Å². The molecule has 0 spiro atoms. The molecule has 1 aromatic carbocycles. The van der Waals surface area contributed by atoms with Crippen LogP contribution in [0.3, 0.4) is 0 Å². The second-order valence-electron chi connectivity index (χ2n) is 5.45. The highest BCUT2D eigenvalue weighted by molar-refractivity contribution is 5.87. The van der Waals surface area contributed by atoms with E-state index in [1.54, 1.807) is 13.8 Å². The van der Waals surface area contributed by atoms with E-state index in [-0.39, 0.29) is 11.8 Å². The molecule has 2 rings (SSSR count). The summed E-state index contributed by atoms with van der Waals surface area (Å²) in [5.74, 6) is 0.332. The fraction of sp³-hybridized carbons (Fsp3) is 0.438. The number of aryl methyl sites for hydroxylation is 2. The number of nitrogens with zero attached hydrogens (tertiary/aromatic N) is 1. The number of amides is 2. The van der Waals surface area contributed by atoms with E-state index < -0.39 is 6.04 Å². The number of aromatic amines is 1. The fourth-order valence-corrected chi connectivity index (χ4v) is 2.18. The third-order valence-corrected chi connectivity index (χ3v) is 3.75. The van der Waals surface area contributed by atoms with E-state index in [1.165, 1.54) is 5.56 Å². The molecule has 6 heteroatoms. The molecule has 0 aliphatic rings. The van der Waals surface area contributed by atoms with E-state index >= 15 is 0 Å². The minimum Gasteiger partial charge on any atom is -0.347 e. The van der Waals surface area contributed by atoms with Crippen molar-refractivity contribution in [1.82, 2.24) is 20.6 Å². The van der Waals surface area contributed by atoms with Gasteiger partial charge in [-0.2, -0.15) is 0 Å². The van der Waals surface area contributed by atoms with Gasteiger partial charge in [0.15, 0.2) is 0 Å². The van der Waals surface area contributed by atoms with Crippen molar-refractivity contribution in [1.29, 1.82) is 0 Å². The zero-order chi connectivity index (χ0) is 16.3. The smallest absolute Gasteiger partial charge is 0.242 e. The molecule has 1 atom stereocenters. The van der Waals surface area contributed by atoms with Crippen LogP contribution in [0.25, 0.3) is 11.0 Å². The fourth-order valence-electron chi connectivity index (χ4n) is 2.18. The Morgan fingerprint density at radius 3 is 2.73 bits per heavy atom. The zero-order valence-corrected chi connectivity index (χ0v) is 13.4. The SMILES string of the molecule is CCC(=O)N[C@@H](C)C(=O)NCc1nc2c(C)c(C)ccc2[nH]1. The lowest BCUT2D eigenvalue weighted by atomic mass is 10.1. The molecule has 0 saturated heterocycles. The van der Waals surface area contributed by atoms with Crippen molar-refractivity contribution >= 4 is 22.8 Å². The Hall–Kier alpha value is -2.37. The van der Waals surface area contributed by atoms with Gasteiger partial charge in [0, 0.05) is 6.42 Å². The number of rotatable bonds is 5. The maximum absolute atomic E-state index is 11.9. The standard InChI is InChI=1S/C16H22N4O2/c1-5-14(21)18-11(4)16(22)17-8-13-19-12-7-6-9(2)10(3)15(12)20-13/h6-7,11H,5,8H2,1-4H3,(H,17,22)(H,18,21)(H,19,20)/t11-/m0/s1. The van der Waals surface area contributed by atoms with E-state index in [9.17, 15) is 9.59 Å². The quantitative estimate of drug-likeness (QED) is 0.786. The topological polar surface area (TPSA) is 86.9 Å². The molecule has 2 amide bonds. The van der Waals surface area contributed by atoms with Gasteiger partial charge < -0.3 is 15.6 Å². The monoisotopic (exact) mass is 302 g/mol. The first-order chi connectivity index (χ1) is 10.4. The highest BCUT2D eigenvalue weighted by Gasteiger charge is 2.15. The number of benzene rings is 1. The molecule has 0 radical (unpaired) electrons. The van der Waals surface area contributed by atoms with E-state index in [0.717, 1.165) is 16.6 Å². The van der Waals surface area contributed by atoms with Crippen molar-refractivity contribution in [2.75, 3.05) is 0 Å². The predicted octanol–water partition coefficient (Wildman–Crippen LogP) is 1.71. The molecule has 0 aliphatic heterocycles. The second-order valence-corrected chi connectivity index (χ2v) is 5.45. The number of fused-ring (bicyclic) bond motifs is 1. The number of hydrogen-bond donors (Lipinski definition) is 3. The van der Waals surface area contributed by atoms with Gasteiger partial charge in [0.25, 0.3) is 0 Å². The second kappa shape index (κ2) is 6.60. The minimum absolute atomic E-state index is 0.141. The average Bonchev–Trinajstić information content (AvgIpc) is 2.92. The molecule has 2 aromatic rings. The molecule has 118 valence electrons. The Kier molecular flexibility index (Phi) is 4.80. The molecule has 22 heavy (non-hydrogen) atoms. The van der Waals surface area contributed by atoms with Crippen LogP contribution < -0.4 is 10.6 Å². The lowest BCUT2D eigenvalue weighted by molar-refractivity contribution is -0.128. The normalized spacial score (nSPS) is 12.2. The summed E-state index contributed by atoms with van der Waals surface area (Å²) in [4.78, 5) is 30.9. The third kappa shape index (κ3) is 3.44. The van der Waals surface area contributed by atoms with Crippen molar-refractivity contribution < 1.29 is 9.59 Å². The van der Waals surface area contributed by atoms with Crippen molar-refractivity contribution in [3.8, 4) is 0 Å². The molecular weight excluding hydrogens is 280 g/mol. The predicted molar refractivity (Wildman–Crippen MR) is 85.3 cm³/mol. The number of carbonyl (C=O) groups excluding carboxylic acids is 2.